The van der Waals surface area contributed by atoms with Gasteiger partial charge in [0, 0.05) is 5.33 Å². The van der Waals surface area contributed by atoms with Crippen LogP contribution in [-0.4, -0.2) is 19.0 Å². The topological polar surface area (TPSA) is 18.5 Å². The largest absolute Gasteiger partial charge is 0.497 e. The SMILES string of the molecule is COc1ccc(OCCC(CBr)c2ccccc2C)cc1. The normalized spacial score (nSPS) is 12.0. The number of methoxy groups -OCH3 is 1. The van der Waals surface area contributed by atoms with E-state index >= 15 is 0 Å². The highest BCUT2D eigenvalue weighted by atomic mass is 79.9. The van der Waals surface area contributed by atoms with E-state index in [4.69, 9.17) is 9.47 Å². The Morgan fingerprint density at radius 3 is 2.29 bits per heavy atom. The number of hydrogen-bond acceptors (Lipinski definition) is 2. The molecule has 0 aliphatic heterocycles. The van der Waals surface area contributed by atoms with Crippen LogP contribution in [0.3, 0.4) is 0 Å². The number of alkyl halides is 1. The number of benzene rings is 2. The van der Waals surface area contributed by atoms with Crippen LogP contribution in [0.4, 0.5) is 0 Å². The number of aryl methyl sites for hydroxylation is 1. The summed E-state index contributed by atoms with van der Waals surface area (Å²) in [5, 5.41) is 0.948. The van der Waals surface area contributed by atoms with E-state index in [-0.39, 0.29) is 0 Å². The van der Waals surface area contributed by atoms with Crippen molar-refractivity contribution in [2.24, 2.45) is 0 Å². The highest BCUT2D eigenvalue weighted by molar-refractivity contribution is 9.09. The van der Waals surface area contributed by atoms with Gasteiger partial charge in [0.25, 0.3) is 0 Å². The molecule has 2 aromatic carbocycles. The standard InChI is InChI=1S/C18H21BrO2/c1-14-5-3-4-6-18(14)15(13-19)11-12-21-17-9-7-16(20-2)8-10-17/h3-10,15H,11-13H2,1-2H3. The van der Waals surface area contributed by atoms with E-state index in [1.54, 1.807) is 7.11 Å². The zero-order valence-corrected chi connectivity index (χ0v) is 14.1. The summed E-state index contributed by atoms with van der Waals surface area (Å²) >= 11 is 3.62. The predicted octanol–water partition coefficient (Wildman–Crippen LogP) is 4.95. The van der Waals surface area contributed by atoms with E-state index in [1.165, 1.54) is 11.1 Å². The van der Waals surface area contributed by atoms with Crippen molar-refractivity contribution >= 4 is 15.9 Å². The molecule has 2 rings (SSSR count). The van der Waals surface area contributed by atoms with Crippen LogP contribution in [-0.2, 0) is 0 Å². The molecular weight excluding hydrogens is 328 g/mol. The van der Waals surface area contributed by atoms with E-state index in [2.05, 4.69) is 47.1 Å². The second kappa shape index (κ2) is 8.08. The van der Waals surface area contributed by atoms with Crippen LogP contribution in [0.15, 0.2) is 48.5 Å². The van der Waals surface area contributed by atoms with Gasteiger partial charge in [-0.3, -0.25) is 0 Å². The van der Waals surface area contributed by atoms with Gasteiger partial charge < -0.3 is 9.47 Å². The average molecular weight is 349 g/mol. The van der Waals surface area contributed by atoms with Crippen molar-refractivity contribution in [3.63, 3.8) is 0 Å². The molecule has 21 heavy (non-hydrogen) atoms. The minimum absolute atomic E-state index is 0.476. The van der Waals surface area contributed by atoms with Crippen LogP contribution in [0.1, 0.15) is 23.5 Å². The fourth-order valence-corrected chi connectivity index (χ4v) is 3.02. The summed E-state index contributed by atoms with van der Waals surface area (Å²) in [4.78, 5) is 0. The molecule has 1 atom stereocenters. The smallest absolute Gasteiger partial charge is 0.119 e. The van der Waals surface area contributed by atoms with Gasteiger partial charge in [-0.15, -0.1) is 0 Å². The highest BCUT2D eigenvalue weighted by Gasteiger charge is 2.12. The van der Waals surface area contributed by atoms with E-state index in [1.807, 2.05) is 24.3 Å². The van der Waals surface area contributed by atoms with Gasteiger partial charge in [0.2, 0.25) is 0 Å². The first-order chi connectivity index (χ1) is 10.2. The molecule has 0 N–H and O–H groups in total. The maximum atomic E-state index is 5.82. The Bertz CT molecular complexity index is 551. The first-order valence-electron chi connectivity index (χ1n) is 7.13. The molecule has 0 heterocycles. The van der Waals surface area contributed by atoms with Crippen LogP contribution < -0.4 is 9.47 Å². The summed E-state index contributed by atoms with van der Waals surface area (Å²) in [6.07, 6.45) is 0.988. The summed E-state index contributed by atoms with van der Waals surface area (Å²) in [7, 11) is 1.67. The Kier molecular flexibility index (Phi) is 6.12. The summed E-state index contributed by atoms with van der Waals surface area (Å²) in [5.74, 6) is 2.21. The summed E-state index contributed by atoms with van der Waals surface area (Å²) in [6, 6.07) is 16.3. The maximum absolute atomic E-state index is 5.82. The fourth-order valence-electron chi connectivity index (χ4n) is 2.35. The van der Waals surface area contributed by atoms with Crippen molar-refractivity contribution in [3.05, 3.63) is 59.7 Å². The van der Waals surface area contributed by atoms with Gasteiger partial charge >= 0.3 is 0 Å². The van der Waals surface area contributed by atoms with Crippen molar-refractivity contribution in [2.75, 3.05) is 19.0 Å². The number of ether oxygens (including phenoxy) is 2. The molecule has 112 valence electrons. The molecule has 1 unspecified atom stereocenters. The minimum Gasteiger partial charge on any atom is -0.497 e. The van der Waals surface area contributed by atoms with Crippen molar-refractivity contribution in [2.45, 2.75) is 19.3 Å². The zero-order valence-electron chi connectivity index (χ0n) is 12.5. The number of halogens is 1. The molecule has 0 radical (unpaired) electrons. The Hall–Kier alpha value is -1.48. The third kappa shape index (κ3) is 4.50. The maximum Gasteiger partial charge on any atom is 0.119 e. The zero-order chi connectivity index (χ0) is 15.1. The van der Waals surface area contributed by atoms with Gasteiger partial charge in [0.1, 0.15) is 11.5 Å². The fraction of sp³-hybridized carbons (Fsp3) is 0.333. The van der Waals surface area contributed by atoms with Crippen molar-refractivity contribution in [3.8, 4) is 11.5 Å². The molecule has 2 nitrogen and oxygen atoms in total. The first kappa shape index (κ1) is 15.9. The minimum atomic E-state index is 0.476. The summed E-state index contributed by atoms with van der Waals surface area (Å²) in [6.45, 7) is 2.87. The van der Waals surface area contributed by atoms with E-state index < -0.39 is 0 Å². The van der Waals surface area contributed by atoms with Gasteiger partial charge in [0.15, 0.2) is 0 Å². The van der Waals surface area contributed by atoms with Crippen LogP contribution in [0.5, 0.6) is 11.5 Å². The first-order valence-corrected chi connectivity index (χ1v) is 8.25. The van der Waals surface area contributed by atoms with Crippen LogP contribution in [0.2, 0.25) is 0 Å². The molecule has 3 heteroatoms. The van der Waals surface area contributed by atoms with Crippen LogP contribution >= 0.6 is 15.9 Å². The second-order valence-electron chi connectivity index (χ2n) is 5.02. The van der Waals surface area contributed by atoms with Crippen LogP contribution in [0, 0.1) is 6.92 Å². The van der Waals surface area contributed by atoms with Gasteiger partial charge in [-0.1, -0.05) is 40.2 Å². The summed E-state index contributed by atoms with van der Waals surface area (Å²) in [5.41, 5.74) is 2.74. The highest BCUT2D eigenvalue weighted by Crippen LogP contribution is 2.25. The van der Waals surface area contributed by atoms with E-state index in [9.17, 15) is 0 Å². The Labute approximate surface area is 135 Å². The Balaban J connectivity index is 1.90. The Morgan fingerprint density at radius 2 is 1.67 bits per heavy atom. The van der Waals surface area contributed by atoms with E-state index in [0.29, 0.717) is 12.5 Å². The van der Waals surface area contributed by atoms with Gasteiger partial charge in [-0.2, -0.15) is 0 Å². The average Bonchev–Trinajstić information content (AvgIpc) is 2.53. The molecule has 0 spiro atoms. The van der Waals surface area contributed by atoms with Gasteiger partial charge in [0.05, 0.1) is 13.7 Å². The molecule has 0 aliphatic carbocycles. The summed E-state index contributed by atoms with van der Waals surface area (Å²) < 4.78 is 11.0. The lowest BCUT2D eigenvalue weighted by atomic mass is 9.94. The molecule has 0 bridgehead atoms. The molecule has 0 aliphatic rings. The molecule has 0 saturated carbocycles. The Morgan fingerprint density at radius 1 is 1.00 bits per heavy atom. The molecule has 0 aromatic heterocycles. The molecular formula is C18H21BrO2. The van der Waals surface area contributed by atoms with Crippen molar-refractivity contribution < 1.29 is 9.47 Å². The lowest BCUT2D eigenvalue weighted by Crippen LogP contribution is -2.08. The lowest BCUT2D eigenvalue weighted by Gasteiger charge is -2.17. The quantitative estimate of drug-likeness (QED) is 0.659. The second-order valence-corrected chi connectivity index (χ2v) is 5.67. The predicted molar refractivity (Wildman–Crippen MR) is 90.8 cm³/mol. The number of rotatable bonds is 7. The van der Waals surface area contributed by atoms with Gasteiger partial charge in [-0.05, 0) is 54.7 Å². The van der Waals surface area contributed by atoms with Crippen molar-refractivity contribution in [1.29, 1.82) is 0 Å². The van der Waals surface area contributed by atoms with Crippen LogP contribution in [0.25, 0.3) is 0 Å². The number of hydrogen-bond donors (Lipinski definition) is 0. The third-order valence-electron chi connectivity index (χ3n) is 3.61. The molecule has 2 aromatic rings. The van der Waals surface area contributed by atoms with E-state index in [0.717, 1.165) is 23.2 Å². The van der Waals surface area contributed by atoms with Crippen molar-refractivity contribution in [1.82, 2.24) is 0 Å². The molecule has 0 fully saturated rings. The monoisotopic (exact) mass is 348 g/mol. The lowest BCUT2D eigenvalue weighted by molar-refractivity contribution is 0.301. The third-order valence-corrected chi connectivity index (χ3v) is 4.39. The molecule has 0 saturated heterocycles. The molecule has 0 amide bonds. The van der Waals surface area contributed by atoms with Gasteiger partial charge in [-0.25, -0.2) is 0 Å².